The molecular formula is C17H21ClN2O4S2. The van der Waals surface area contributed by atoms with Gasteiger partial charge in [-0.15, -0.1) is 0 Å². The Morgan fingerprint density at radius 1 is 0.923 bits per heavy atom. The molecule has 2 rings (SSSR count). The van der Waals surface area contributed by atoms with Gasteiger partial charge in [0.25, 0.3) is 0 Å². The molecule has 0 radical (unpaired) electrons. The predicted molar refractivity (Wildman–Crippen MR) is 104 cm³/mol. The van der Waals surface area contributed by atoms with Crippen LogP contribution in [0.25, 0.3) is 0 Å². The zero-order valence-electron chi connectivity index (χ0n) is 14.7. The van der Waals surface area contributed by atoms with E-state index >= 15 is 0 Å². The first kappa shape index (κ1) is 20.7. The Kier molecular flexibility index (Phi) is 6.02. The monoisotopic (exact) mass is 416 g/mol. The van der Waals surface area contributed by atoms with Crippen molar-refractivity contribution in [2.24, 2.45) is 0 Å². The second-order valence-electron chi connectivity index (χ2n) is 6.83. The largest absolute Gasteiger partial charge is 0.283 e. The fourth-order valence-corrected chi connectivity index (χ4v) is 5.13. The van der Waals surface area contributed by atoms with Crippen molar-refractivity contribution >= 4 is 37.3 Å². The fourth-order valence-electron chi connectivity index (χ4n) is 2.20. The molecule has 9 heteroatoms. The van der Waals surface area contributed by atoms with Crippen LogP contribution in [0.1, 0.15) is 26.3 Å². The summed E-state index contributed by atoms with van der Waals surface area (Å²) in [6.07, 6.45) is 0. The van der Waals surface area contributed by atoms with Gasteiger partial charge in [0, 0.05) is 16.2 Å². The Balaban J connectivity index is 2.15. The number of halogens is 1. The van der Waals surface area contributed by atoms with Crippen LogP contribution in [0.5, 0.6) is 0 Å². The van der Waals surface area contributed by atoms with E-state index in [0.29, 0.717) is 10.6 Å². The molecule has 2 aromatic rings. The van der Waals surface area contributed by atoms with Crippen molar-refractivity contribution in [1.29, 1.82) is 0 Å². The lowest BCUT2D eigenvalue weighted by Crippen LogP contribution is -2.40. The zero-order chi connectivity index (χ0) is 19.6. The number of sulfonamides is 2. The molecule has 0 aliphatic rings. The normalized spacial score (nSPS) is 12.8. The van der Waals surface area contributed by atoms with Gasteiger partial charge in [0.1, 0.15) is 0 Å². The third kappa shape index (κ3) is 5.98. The molecule has 0 aromatic heterocycles. The smallest absolute Gasteiger partial charge is 0.241 e. The molecule has 0 amide bonds. The van der Waals surface area contributed by atoms with Crippen molar-refractivity contribution in [1.82, 2.24) is 4.72 Å². The van der Waals surface area contributed by atoms with Gasteiger partial charge in [0.05, 0.1) is 10.6 Å². The van der Waals surface area contributed by atoms with Gasteiger partial charge < -0.3 is 0 Å². The highest BCUT2D eigenvalue weighted by Gasteiger charge is 2.22. The van der Waals surface area contributed by atoms with Gasteiger partial charge in [0.2, 0.25) is 20.0 Å². The van der Waals surface area contributed by atoms with Crippen LogP contribution in [0.4, 0.5) is 5.69 Å². The standard InChI is InChI=1S/C17H21ClN2O4S2/c1-17(2,3)20-26(23,24)15-10-8-14(9-11-15)19-25(21,22)12-13-6-4-5-7-16(13)18/h4-11,19-20H,12H2,1-3H3. The summed E-state index contributed by atoms with van der Waals surface area (Å²) in [6, 6.07) is 12.2. The summed E-state index contributed by atoms with van der Waals surface area (Å²) in [7, 11) is -7.36. The SMILES string of the molecule is CC(C)(C)NS(=O)(=O)c1ccc(NS(=O)(=O)Cc2ccccc2Cl)cc1. The average Bonchev–Trinajstić information content (AvgIpc) is 2.47. The number of rotatable bonds is 6. The third-order valence-corrected chi connectivity index (χ3v) is 6.56. The number of hydrogen-bond donors (Lipinski definition) is 2. The summed E-state index contributed by atoms with van der Waals surface area (Å²) in [5.74, 6) is -0.279. The molecule has 0 aliphatic heterocycles. The highest BCUT2D eigenvalue weighted by atomic mass is 35.5. The van der Waals surface area contributed by atoms with E-state index in [2.05, 4.69) is 9.44 Å². The molecule has 0 bridgehead atoms. The Hall–Kier alpha value is -1.61. The maximum Gasteiger partial charge on any atom is 0.241 e. The number of hydrogen-bond acceptors (Lipinski definition) is 4. The molecule has 6 nitrogen and oxygen atoms in total. The minimum absolute atomic E-state index is 0.0569. The van der Waals surface area contributed by atoms with Crippen LogP contribution in [-0.4, -0.2) is 22.4 Å². The zero-order valence-corrected chi connectivity index (χ0v) is 17.0. The van der Waals surface area contributed by atoms with Gasteiger partial charge in [-0.25, -0.2) is 21.6 Å². The summed E-state index contributed by atoms with van der Waals surface area (Å²) < 4.78 is 54.1. The van der Waals surface area contributed by atoms with E-state index in [1.807, 2.05) is 0 Å². The number of anilines is 1. The Morgan fingerprint density at radius 3 is 2.04 bits per heavy atom. The van der Waals surface area contributed by atoms with Gasteiger partial charge in [-0.3, -0.25) is 4.72 Å². The summed E-state index contributed by atoms with van der Waals surface area (Å²) >= 11 is 5.99. The van der Waals surface area contributed by atoms with Gasteiger partial charge in [-0.1, -0.05) is 29.8 Å². The van der Waals surface area contributed by atoms with Gasteiger partial charge >= 0.3 is 0 Å². The molecule has 0 atom stereocenters. The molecule has 0 saturated carbocycles. The van der Waals surface area contributed by atoms with Crippen LogP contribution in [0.15, 0.2) is 53.4 Å². The van der Waals surface area contributed by atoms with Crippen molar-refractivity contribution in [3.63, 3.8) is 0 Å². The van der Waals surface area contributed by atoms with Crippen molar-refractivity contribution in [3.8, 4) is 0 Å². The molecule has 0 aliphatic carbocycles. The van der Waals surface area contributed by atoms with E-state index in [0.717, 1.165) is 0 Å². The van der Waals surface area contributed by atoms with E-state index in [1.54, 1.807) is 45.0 Å². The average molecular weight is 417 g/mol. The Labute approximate surface area is 159 Å². The first-order valence-electron chi connectivity index (χ1n) is 7.76. The molecule has 2 N–H and O–H groups in total. The Morgan fingerprint density at radius 2 is 1.50 bits per heavy atom. The first-order valence-corrected chi connectivity index (χ1v) is 11.3. The van der Waals surface area contributed by atoms with Crippen LogP contribution in [0, 0.1) is 0 Å². The van der Waals surface area contributed by atoms with Gasteiger partial charge in [0.15, 0.2) is 0 Å². The van der Waals surface area contributed by atoms with E-state index in [-0.39, 0.29) is 16.3 Å². The molecule has 0 fully saturated rings. The van der Waals surface area contributed by atoms with Crippen molar-refractivity contribution in [2.75, 3.05) is 4.72 Å². The predicted octanol–water partition coefficient (Wildman–Crippen LogP) is 3.36. The Bertz CT molecular complexity index is 980. The molecule has 0 saturated heterocycles. The molecule has 142 valence electrons. The lowest BCUT2D eigenvalue weighted by Gasteiger charge is -2.20. The summed E-state index contributed by atoms with van der Waals surface area (Å²) in [5.41, 5.74) is 0.135. The molecule has 0 spiro atoms. The van der Waals surface area contributed by atoms with Gasteiger partial charge in [-0.2, -0.15) is 0 Å². The topological polar surface area (TPSA) is 92.3 Å². The van der Waals surface area contributed by atoms with Crippen molar-refractivity contribution < 1.29 is 16.8 Å². The molecule has 26 heavy (non-hydrogen) atoms. The summed E-state index contributed by atoms with van der Waals surface area (Å²) in [6.45, 7) is 5.21. The maximum atomic E-state index is 12.3. The lowest BCUT2D eigenvalue weighted by atomic mass is 10.1. The summed E-state index contributed by atoms with van der Waals surface area (Å²) in [4.78, 5) is 0.0569. The summed E-state index contributed by atoms with van der Waals surface area (Å²) in [5, 5.41) is 0.368. The van der Waals surface area contributed by atoms with Crippen LogP contribution in [0.3, 0.4) is 0 Å². The van der Waals surface area contributed by atoms with Gasteiger partial charge in [-0.05, 0) is 56.7 Å². The molecular weight excluding hydrogens is 396 g/mol. The first-order chi connectivity index (χ1) is 11.9. The van der Waals surface area contributed by atoms with Crippen molar-refractivity contribution in [2.45, 2.75) is 37.0 Å². The number of benzene rings is 2. The van der Waals surface area contributed by atoms with Crippen LogP contribution in [0.2, 0.25) is 5.02 Å². The van der Waals surface area contributed by atoms with E-state index in [9.17, 15) is 16.8 Å². The second-order valence-corrected chi connectivity index (χ2v) is 10.6. The quantitative estimate of drug-likeness (QED) is 0.755. The third-order valence-electron chi connectivity index (χ3n) is 3.18. The second kappa shape index (κ2) is 7.56. The maximum absolute atomic E-state index is 12.3. The lowest BCUT2D eigenvalue weighted by molar-refractivity contribution is 0.491. The molecule has 0 unspecified atom stereocenters. The van der Waals surface area contributed by atoms with E-state index in [1.165, 1.54) is 24.3 Å². The fraction of sp³-hybridized carbons (Fsp3) is 0.294. The minimum Gasteiger partial charge on any atom is -0.283 e. The number of nitrogens with one attached hydrogen (secondary N) is 2. The highest BCUT2D eigenvalue weighted by Crippen LogP contribution is 2.21. The highest BCUT2D eigenvalue weighted by molar-refractivity contribution is 7.92. The molecule has 0 heterocycles. The molecule has 2 aromatic carbocycles. The van der Waals surface area contributed by atoms with Crippen LogP contribution >= 0.6 is 11.6 Å². The van der Waals surface area contributed by atoms with E-state index < -0.39 is 25.6 Å². The van der Waals surface area contributed by atoms with Crippen molar-refractivity contribution in [3.05, 3.63) is 59.1 Å². The minimum atomic E-state index is -3.69. The van der Waals surface area contributed by atoms with E-state index in [4.69, 9.17) is 11.6 Å². The van der Waals surface area contributed by atoms with Crippen LogP contribution in [-0.2, 0) is 25.8 Å². The van der Waals surface area contributed by atoms with Crippen LogP contribution < -0.4 is 9.44 Å².